The Labute approximate surface area is 304 Å². The molecular weight excluding hydrogens is 681 g/mol. The third kappa shape index (κ3) is 6.94. The van der Waals surface area contributed by atoms with Crippen LogP contribution in [0, 0.1) is 20.8 Å². The number of nitrogens with zero attached hydrogens (tertiary/aromatic N) is 2. The van der Waals surface area contributed by atoms with Crippen molar-refractivity contribution in [2.75, 3.05) is 25.6 Å². The monoisotopic (exact) mass is 724 g/mol. The Morgan fingerprint density at radius 3 is 2.13 bits per heavy atom. The number of fused-ring (bicyclic) bond motifs is 4. The molecule has 4 aromatic rings. The van der Waals surface area contributed by atoms with E-state index in [1.54, 1.807) is 43.1 Å². The first kappa shape index (κ1) is 36.4. The second-order valence-electron chi connectivity index (χ2n) is 14.0. The molecule has 0 bridgehead atoms. The molecule has 6 rings (SSSR count). The highest BCUT2D eigenvalue weighted by Gasteiger charge is 2.37. The van der Waals surface area contributed by atoms with Crippen LogP contribution in [0.3, 0.4) is 0 Å². The molecule has 1 atom stereocenters. The van der Waals surface area contributed by atoms with Gasteiger partial charge in [0.15, 0.2) is 0 Å². The Kier molecular flexibility index (Phi) is 9.80. The SMILES string of the molecule is CN=C(NS(=O)(=O)c1c(C)c(C)c2c(c1C)CC(C)(C)O2)N(C)c1ccc(C[C@H](NC(=O)OCC2c3ccccc3-c3ccccc32)C(=O)O)cc1. The van der Waals surface area contributed by atoms with Crippen molar-refractivity contribution < 1.29 is 32.6 Å². The fourth-order valence-electron chi connectivity index (χ4n) is 7.28. The van der Waals surface area contributed by atoms with E-state index < -0.39 is 33.7 Å². The number of amides is 1. The van der Waals surface area contributed by atoms with Crippen molar-refractivity contribution in [1.29, 1.82) is 0 Å². The number of aliphatic carboxylic acids is 1. The van der Waals surface area contributed by atoms with Gasteiger partial charge >= 0.3 is 12.1 Å². The average molecular weight is 725 g/mol. The average Bonchev–Trinajstić information content (AvgIpc) is 3.62. The number of rotatable bonds is 9. The van der Waals surface area contributed by atoms with Crippen molar-refractivity contribution in [2.24, 2.45) is 4.99 Å². The number of hydrogen-bond donors (Lipinski definition) is 3. The molecule has 12 heteroatoms. The van der Waals surface area contributed by atoms with E-state index in [0.29, 0.717) is 28.8 Å². The van der Waals surface area contributed by atoms with Crippen LogP contribution in [0.25, 0.3) is 11.1 Å². The van der Waals surface area contributed by atoms with Crippen molar-refractivity contribution in [1.82, 2.24) is 10.0 Å². The van der Waals surface area contributed by atoms with Gasteiger partial charge < -0.3 is 24.8 Å². The smallest absolute Gasteiger partial charge is 0.407 e. The Morgan fingerprint density at radius 2 is 1.56 bits per heavy atom. The molecule has 52 heavy (non-hydrogen) atoms. The number of carboxylic acids is 1. The topological polar surface area (TPSA) is 147 Å². The first-order chi connectivity index (χ1) is 24.6. The van der Waals surface area contributed by atoms with Gasteiger partial charge in [-0.1, -0.05) is 60.7 Å². The van der Waals surface area contributed by atoms with Crippen LogP contribution in [-0.2, 0) is 32.4 Å². The number of benzene rings is 4. The normalized spacial score (nSPS) is 15.2. The number of aliphatic imine (C=N–C) groups is 1. The lowest BCUT2D eigenvalue weighted by Crippen LogP contribution is -2.43. The number of anilines is 1. The van der Waals surface area contributed by atoms with Gasteiger partial charge in [-0.2, -0.15) is 0 Å². The summed E-state index contributed by atoms with van der Waals surface area (Å²) in [6, 6.07) is 21.6. The van der Waals surface area contributed by atoms with Crippen molar-refractivity contribution in [3.63, 3.8) is 0 Å². The highest BCUT2D eigenvalue weighted by molar-refractivity contribution is 7.90. The molecule has 0 aromatic heterocycles. The van der Waals surface area contributed by atoms with Crippen molar-refractivity contribution in [3.8, 4) is 16.9 Å². The number of ether oxygens (including phenoxy) is 2. The summed E-state index contributed by atoms with van der Waals surface area (Å²) in [7, 11) is -0.865. The Hall–Kier alpha value is -5.36. The molecule has 0 spiro atoms. The lowest BCUT2D eigenvalue weighted by Gasteiger charge is -2.24. The first-order valence-corrected chi connectivity index (χ1v) is 18.6. The molecule has 1 amide bonds. The molecule has 1 heterocycles. The second-order valence-corrected chi connectivity index (χ2v) is 15.6. The molecule has 4 aromatic carbocycles. The van der Waals surface area contributed by atoms with Crippen LogP contribution in [0.2, 0.25) is 0 Å². The van der Waals surface area contributed by atoms with Gasteiger partial charge in [0.05, 0.1) is 4.90 Å². The summed E-state index contributed by atoms with van der Waals surface area (Å²) in [6.07, 6.45) is -0.216. The summed E-state index contributed by atoms with van der Waals surface area (Å²) >= 11 is 0. The first-order valence-electron chi connectivity index (χ1n) is 17.1. The lowest BCUT2D eigenvalue weighted by molar-refractivity contribution is -0.139. The molecular formula is C40H44N4O7S. The summed E-state index contributed by atoms with van der Waals surface area (Å²) in [4.78, 5) is 31.1. The fraction of sp³-hybridized carbons (Fsp3) is 0.325. The molecule has 2 aliphatic rings. The van der Waals surface area contributed by atoms with Gasteiger partial charge in [0.25, 0.3) is 10.0 Å². The van der Waals surface area contributed by atoms with Gasteiger partial charge in [-0.05, 0) is 91.3 Å². The third-order valence-electron chi connectivity index (χ3n) is 10.0. The zero-order valence-electron chi connectivity index (χ0n) is 30.4. The van der Waals surface area contributed by atoms with E-state index in [0.717, 1.165) is 39.1 Å². The van der Waals surface area contributed by atoms with Gasteiger partial charge in [0, 0.05) is 44.1 Å². The Morgan fingerprint density at radius 1 is 0.962 bits per heavy atom. The van der Waals surface area contributed by atoms with Crippen LogP contribution in [0.4, 0.5) is 10.5 Å². The number of guanidine groups is 1. The highest BCUT2D eigenvalue weighted by Crippen LogP contribution is 2.45. The van der Waals surface area contributed by atoms with Crippen LogP contribution in [0.1, 0.15) is 58.7 Å². The molecule has 0 saturated heterocycles. The van der Waals surface area contributed by atoms with E-state index in [2.05, 4.69) is 15.0 Å². The molecule has 272 valence electrons. The molecule has 11 nitrogen and oxygen atoms in total. The standard InChI is InChI=1S/C40H44N4O7S/c1-23-24(2)36(25(3)32-21-40(4,5)51-35(23)32)52(48,49)43-38(41-6)44(7)27-18-16-26(17-19-27)20-34(37(45)46)42-39(47)50-22-33-30-14-10-8-12-28(30)29-13-9-11-15-31(29)33/h8-19,33-34H,20-22H2,1-7H3,(H,41,43)(H,42,47)(H,45,46)/t34-/m0/s1. The largest absolute Gasteiger partial charge is 0.487 e. The predicted molar refractivity (Wildman–Crippen MR) is 201 cm³/mol. The summed E-state index contributed by atoms with van der Waals surface area (Å²) < 4.78 is 42.2. The summed E-state index contributed by atoms with van der Waals surface area (Å²) in [5.41, 5.74) is 8.08. The van der Waals surface area contributed by atoms with Gasteiger partial charge in [-0.3, -0.25) is 4.99 Å². The fourth-order valence-corrected chi connectivity index (χ4v) is 8.93. The van der Waals surface area contributed by atoms with Crippen LogP contribution in [0.5, 0.6) is 5.75 Å². The molecule has 0 saturated carbocycles. The maximum atomic E-state index is 13.9. The molecule has 0 unspecified atom stereocenters. The zero-order chi connectivity index (χ0) is 37.5. The van der Waals surface area contributed by atoms with E-state index in [4.69, 9.17) is 9.47 Å². The molecule has 1 aliphatic heterocycles. The molecule has 0 fully saturated rings. The number of carbonyl (C=O) groups excluding carboxylic acids is 1. The van der Waals surface area contributed by atoms with Crippen molar-refractivity contribution >= 4 is 33.7 Å². The molecule has 3 N–H and O–H groups in total. The van der Waals surface area contributed by atoms with Crippen molar-refractivity contribution in [3.05, 3.63) is 112 Å². The summed E-state index contributed by atoms with van der Waals surface area (Å²) in [5, 5.41) is 12.4. The minimum Gasteiger partial charge on any atom is -0.487 e. The van der Waals surface area contributed by atoms with E-state index >= 15 is 0 Å². The van der Waals surface area contributed by atoms with Crippen LogP contribution >= 0.6 is 0 Å². The summed E-state index contributed by atoms with van der Waals surface area (Å²) in [6.45, 7) is 9.50. The van der Waals surface area contributed by atoms with E-state index in [-0.39, 0.29) is 29.8 Å². The molecule has 1 aliphatic carbocycles. The van der Waals surface area contributed by atoms with Crippen molar-refractivity contribution in [2.45, 2.75) is 69.9 Å². The van der Waals surface area contributed by atoms with Gasteiger partial charge in [0.1, 0.15) is 24.0 Å². The number of nitrogens with one attached hydrogen (secondary N) is 2. The third-order valence-corrected chi connectivity index (χ3v) is 11.6. The number of sulfonamides is 1. The second kappa shape index (κ2) is 14.0. The minimum atomic E-state index is -4.05. The van der Waals surface area contributed by atoms with E-state index in [1.165, 1.54) is 7.05 Å². The van der Waals surface area contributed by atoms with Crippen LogP contribution < -0.4 is 19.7 Å². The Balaban J connectivity index is 1.10. The van der Waals surface area contributed by atoms with E-state index in [9.17, 15) is 23.1 Å². The maximum Gasteiger partial charge on any atom is 0.407 e. The van der Waals surface area contributed by atoms with Crippen LogP contribution in [0.15, 0.2) is 82.7 Å². The van der Waals surface area contributed by atoms with Gasteiger partial charge in [0.2, 0.25) is 5.96 Å². The predicted octanol–water partition coefficient (Wildman–Crippen LogP) is 6.26. The van der Waals surface area contributed by atoms with E-state index in [1.807, 2.05) is 76.2 Å². The number of carbonyl (C=O) groups is 2. The number of hydrogen-bond acceptors (Lipinski definition) is 7. The number of alkyl carbamates (subject to hydrolysis) is 1. The Bertz CT molecular complexity index is 2150. The van der Waals surface area contributed by atoms with Gasteiger partial charge in [-0.25, -0.2) is 22.7 Å². The lowest BCUT2D eigenvalue weighted by atomic mass is 9.94. The van der Waals surface area contributed by atoms with Crippen LogP contribution in [-0.4, -0.2) is 63.9 Å². The molecule has 0 radical (unpaired) electrons. The maximum absolute atomic E-state index is 13.9. The van der Waals surface area contributed by atoms with Gasteiger partial charge in [-0.15, -0.1) is 0 Å². The zero-order valence-corrected chi connectivity index (χ0v) is 31.2. The number of carboxylic acid groups (broad SMARTS) is 1. The quantitative estimate of drug-likeness (QED) is 0.136. The summed E-state index contributed by atoms with van der Waals surface area (Å²) in [5.74, 6) is -0.507. The highest BCUT2D eigenvalue weighted by atomic mass is 32.2. The minimum absolute atomic E-state index is 0.00162.